The Labute approximate surface area is 137 Å². The molecular formula is C17H16FNO3S. The van der Waals surface area contributed by atoms with Crippen molar-refractivity contribution in [2.24, 2.45) is 0 Å². The number of hydrogen-bond donors (Lipinski definition) is 1. The molecule has 1 aromatic carbocycles. The summed E-state index contributed by atoms with van der Waals surface area (Å²) in [7, 11) is 1.33. The Kier molecular flexibility index (Phi) is 4.43. The fourth-order valence-corrected chi connectivity index (χ4v) is 4.05. The van der Waals surface area contributed by atoms with Crippen molar-refractivity contribution in [2.75, 3.05) is 12.4 Å². The molecule has 120 valence electrons. The molecule has 0 spiro atoms. The average molecular weight is 333 g/mol. The lowest BCUT2D eigenvalue weighted by atomic mass is 9.95. The summed E-state index contributed by atoms with van der Waals surface area (Å²) < 4.78 is 18.1. The highest BCUT2D eigenvalue weighted by Crippen LogP contribution is 2.38. The van der Waals surface area contributed by atoms with Gasteiger partial charge >= 0.3 is 5.97 Å². The van der Waals surface area contributed by atoms with E-state index in [0.717, 1.165) is 36.1 Å². The van der Waals surface area contributed by atoms with Gasteiger partial charge < -0.3 is 10.1 Å². The number of amides is 1. The molecule has 0 radical (unpaired) electrons. The molecule has 1 aliphatic carbocycles. The van der Waals surface area contributed by atoms with Crippen molar-refractivity contribution in [1.29, 1.82) is 0 Å². The number of rotatable bonds is 3. The molecule has 1 heterocycles. The van der Waals surface area contributed by atoms with Crippen molar-refractivity contribution >= 4 is 28.2 Å². The number of hydrogen-bond acceptors (Lipinski definition) is 4. The third-order valence-corrected chi connectivity index (χ3v) is 5.08. The number of carbonyl (C=O) groups is 2. The molecule has 23 heavy (non-hydrogen) atoms. The monoisotopic (exact) mass is 333 g/mol. The van der Waals surface area contributed by atoms with E-state index in [9.17, 15) is 14.0 Å². The van der Waals surface area contributed by atoms with Gasteiger partial charge in [-0.2, -0.15) is 0 Å². The number of thiophene rings is 1. The van der Waals surface area contributed by atoms with Crippen molar-refractivity contribution in [1.82, 2.24) is 0 Å². The standard InChI is InChI=1S/C17H16FNO3S/c1-22-17(21)14-12-7-2-3-8-13(12)23-16(14)19-15(20)10-5-4-6-11(18)9-10/h4-6,9H,2-3,7-8H2,1H3,(H,19,20). The predicted octanol–water partition coefficient (Wildman–Crippen LogP) is 3.80. The molecule has 0 unspecified atom stereocenters. The van der Waals surface area contributed by atoms with Gasteiger partial charge in [0.2, 0.25) is 0 Å². The number of benzene rings is 1. The van der Waals surface area contributed by atoms with Crippen LogP contribution < -0.4 is 5.32 Å². The fourth-order valence-electron chi connectivity index (χ4n) is 2.78. The first kappa shape index (κ1) is 15.7. The summed E-state index contributed by atoms with van der Waals surface area (Å²) in [6.45, 7) is 0. The van der Waals surface area contributed by atoms with Crippen LogP contribution in [0.5, 0.6) is 0 Å². The first-order valence-corrected chi connectivity index (χ1v) is 8.21. The molecule has 2 aromatic rings. The molecule has 0 atom stereocenters. The van der Waals surface area contributed by atoms with Crippen LogP contribution >= 0.6 is 11.3 Å². The number of fused-ring (bicyclic) bond motifs is 1. The smallest absolute Gasteiger partial charge is 0.341 e. The van der Waals surface area contributed by atoms with Crippen LogP contribution in [0.25, 0.3) is 0 Å². The van der Waals surface area contributed by atoms with Crippen LogP contribution in [-0.4, -0.2) is 19.0 Å². The summed E-state index contributed by atoms with van der Waals surface area (Å²) >= 11 is 1.41. The maximum Gasteiger partial charge on any atom is 0.341 e. The van der Waals surface area contributed by atoms with Gasteiger partial charge in [-0.1, -0.05) is 6.07 Å². The summed E-state index contributed by atoms with van der Waals surface area (Å²) in [5.74, 6) is -1.36. The Morgan fingerprint density at radius 1 is 1.26 bits per heavy atom. The zero-order valence-electron chi connectivity index (χ0n) is 12.6. The Hall–Kier alpha value is -2.21. The minimum Gasteiger partial charge on any atom is -0.465 e. The number of carbonyl (C=O) groups excluding carboxylic acids is 2. The van der Waals surface area contributed by atoms with E-state index in [-0.39, 0.29) is 5.56 Å². The lowest BCUT2D eigenvalue weighted by molar-refractivity contribution is 0.0601. The van der Waals surface area contributed by atoms with Crippen LogP contribution in [-0.2, 0) is 17.6 Å². The van der Waals surface area contributed by atoms with Gasteiger partial charge in [0.05, 0.1) is 12.7 Å². The highest BCUT2D eigenvalue weighted by molar-refractivity contribution is 7.17. The van der Waals surface area contributed by atoms with Crippen LogP contribution in [0.2, 0.25) is 0 Å². The quantitative estimate of drug-likeness (QED) is 0.869. The zero-order chi connectivity index (χ0) is 16.4. The van der Waals surface area contributed by atoms with Crippen LogP contribution in [0.3, 0.4) is 0 Å². The number of nitrogens with one attached hydrogen (secondary N) is 1. The summed E-state index contributed by atoms with van der Waals surface area (Å²) in [6, 6.07) is 5.45. The fraction of sp³-hybridized carbons (Fsp3) is 0.294. The van der Waals surface area contributed by atoms with Crippen LogP contribution in [0.15, 0.2) is 24.3 Å². The van der Waals surface area contributed by atoms with Gasteiger partial charge in [-0.05, 0) is 49.4 Å². The molecule has 3 rings (SSSR count). The summed E-state index contributed by atoms with van der Waals surface area (Å²) in [4.78, 5) is 25.5. The molecule has 6 heteroatoms. The molecule has 0 saturated heterocycles. The third kappa shape index (κ3) is 3.12. The summed E-state index contributed by atoms with van der Waals surface area (Å²) in [5.41, 5.74) is 1.63. The number of aryl methyl sites for hydroxylation is 1. The predicted molar refractivity (Wildman–Crippen MR) is 86.7 cm³/mol. The maximum atomic E-state index is 13.3. The summed E-state index contributed by atoms with van der Waals surface area (Å²) in [5, 5.41) is 3.22. The van der Waals surface area contributed by atoms with Gasteiger partial charge in [-0.3, -0.25) is 4.79 Å². The lowest BCUT2D eigenvalue weighted by Crippen LogP contribution is -2.15. The Morgan fingerprint density at radius 2 is 2.04 bits per heavy atom. The molecule has 1 aromatic heterocycles. The topological polar surface area (TPSA) is 55.4 Å². The van der Waals surface area contributed by atoms with E-state index < -0.39 is 17.7 Å². The molecule has 0 aliphatic heterocycles. The van der Waals surface area contributed by atoms with Gasteiger partial charge in [0.25, 0.3) is 5.91 Å². The second-order valence-electron chi connectivity index (χ2n) is 5.37. The van der Waals surface area contributed by atoms with Crippen LogP contribution in [0, 0.1) is 5.82 Å². The minimum absolute atomic E-state index is 0.215. The number of esters is 1. The van der Waals surface area contributed by atoms with Gasteiger partial charge in [0.15, 0.2) is 0 Å². The molecule has 0 saturated carbocycles. The first-order valence-electron chi connectivity index (χ1n) is 7.40. The van der Waals surface area contributed by atoms with Gasteiger partial charge in [0, 0.05) is 10.4 Å². The first-order chi connectivity index (χ1) is 11.1. The Bertz CT molecular complexity index is 769. The molecular weight excluding hydrogens is 317 g/mol. The second kappa shape index (κ2) is 6.50. The second-order valence-corrected chi connectivity index (χ2v) is 6.48. The van der Waals surface area contributed by atoms with Crippen molar-refractivity contribution < 1.29 is 18.7 Å². The molecule has 1 N–H and O–H groups in total. The zero-order valence-corrected chi connectivity index (χ0v) is 13.5. The SMILES string of the molecule is COC(=O)c1c(NC(=O)c2cccc(F)c2)sc2c1CCCC2. The van der Waals surface area contributed by atoms with E-state index in [0.29, 0.717) is 10.6 Å². The van der Waals surface area contributed by atoms with E-state index in [1.807, 2.05) is 0 Å². The van der Waals surface area contributed by atoms with Crippen molar-refractivity contribution in [3.05, 3.63) is 51.7 Å². The third-order valence-electron chi connectivity index (χ3n) is 3.87. The lowest BCUT2D eigenvalue weighted by Gasteiger charge is -2.11. The molecule has 0 bridgehead atoms. The van der Waals surface area contributed by atoms with Crippen molar-refractivity contribution in [2.45, 2.75) is 25.7 Å². The van der Waals surface area contributed by atoms with E-state index in [1.54, 1.807) is 0 Å². The van der Waals surface area contributed by atoms with Crippen LogP contribution in [0.1, 0.15) is 44.0 Å². The molecule has 0 fully saturated rings. The number of methoxy groups -OCH3 is 1. The number of halogens is 1. The van der Waals surface area contributed by atoms with Gasteiger partial charge in [0.1, 0.15) is 10.8 Å². The number of ether oxygens (including phenoxy) is 1. The van der Waals surface area contributed by atoms with Crippen molar-refractivity contribution in [3.8, 4) is 0 Å². The minimum atomic E-state index is -0.476. The normalized spacial score (nSPS) is 13.3. The van der Waals surface area contributed by atoms with E-state index in [2.05, 4.69) is 5.32 Å². The average Bonchev–Trinajstić information content (AvgIpc) is 2.92. The van der Waals surface area contributed by atoms with E-state index in [1.165, 1.54) is 42.7 Å². The van der Waals surface area contributed by atoms with E-state index >= 15 is 0 Å². The highest BCUT2D eigenvalue weighted by atomic mass is 32.1. The highest BCUT2D eigenvalue weighted by Gasteiger charge is 2.27. The molecule has 1 amide bonds. The summed E-state index contributed by atoms with van der Waals surface area (Å²) in [6.07, 6.45) is 3.81. The molecule has 4 nitrogen and oxygen atoms in total. The van der Waals surface area contributed by atoms with E-state index in [4.69, 9.17) is 4.74 Å². The number of anilines is 1. The van der Waals surface area contributed by atoms with Gasteiger partial charge in [-0.25, -0.2) is 9.18 Å². The Morgan fingerprint density at radius 3 is 2.78 bits per heavy atom. The van der Waals surface area contributed by atoms with Crippen LogP contribution in [0.4, 0.5) is 9.39 Å². The molecule has 1 aliphatic rings. The van der Waals surface area contributed by atoms with Crippen molar-refractivity contribution in [3.63, 3.8) is 0 Å². The maximum absolute atomic E-state index is 13.3. The van der Waals surface area contributed by atoms with Gasteiger partial charge in [-0.15, -0.1) is 11.3 Å². The Balaban J connectivity index is 1.94. The largest absolute Gasteiger partial charge is 0.465 e.